The summed E-state index contributed by atoms with van der Waals surface area (Å²) in [5, 5.41) is 10.6. The second-order valence-electron chi connectivity index (χ2n) is 6.35. The molecule has 7 heteroatoms. The van der Waals surface area contributed by atoms with E-state index in [0.717, 1.165) is 17.3 Å². The average Bonchev–Trinajstić information content (AvgIpc) is 3.15. The van der Waals surface area contributed by atoms with Crippen LogP contribution in [0.4, 0.5) is 0 Å². The number of hydrogen-bond donors (Lipinski definition) is 1. The number of carboxylic acids is 1. The van der Waals surface area contributed by atoms with Crippen LogP contribution in [0.15, 0.2) is 87.3 Å². The van der Waals surface area contributed by atoms with E-state index in [1.54, 1.807) is 18.2 Å². The number of carboxylic acid groups (broad SMARTS) is 1. The third-order valence-electron chi connectivity index (χ3n) is 4.16. The van der Waals surface area contributed by atoms with Gasteiger partial charge in [0.2, 0.25) is 0 Å². The molecule has 0 saturated carbocycles. The molecule has 1 heterocycles. The topological polar surface area (TPSA) is 72.6 Å². The van der Waals surface area contributed by atoms with Crippen molar-refractivity contribution in [3.8, 4) is 5.75 Å². The first-order valence-electron chi connectivity index (χ1n) is 9.02. The summed E-state index contributed by atoms with van der Waals surface area (Å²) in [4.78, 5) is 16.2. The quantitative estimate of drug-likeness (QED) is 0.271. The fourth-order valence-corrected chi connectivity index (χ4v) is 3.59. The van der Waals surface area contributed by atoms with E-state index < -0.39 is 5.97 Å². The van der Waals surface area contributed by atoms with Crippen LogP contribution < -0.4 is 4.74 Å². The Labute approximate surface area is 182 Å². The molecule has 0 bridgehead atoms. The molecular formula is C23H16ClNO4S. The Kier molecular flexibility index (Phi) is 6.07. The molecule has 0 unspecified atom stereocenters. The average molecular weight is 438 g/mol. The van der Waals surface area contributed by atoms with Gasteiger partial charge in [0.1, 0.15) is 22.8 Å². The molecule has 0 aliphatic rings. The number of fused-ring (bicyclic) bond motifs is 1. The van der Waals surface area contributed by atoms with Gasteiger partial charge in [0.25, 0.3) is 5.22 Å². The van der Waals surface area contributed by atoms with Crippen LogP contribution >= 0.6 is 23.4 Å². The summed E-state index contributed by atoms with van der Waals surface area (Å²) in [6, 6.07) is 21.9. The van der Waals surface area contributed by atoms with Crippen LogP contribution in [0.2, 0.25) is 5.02 Å². The van der Waals surface area contributed by atoms with Crippen molar-refractivity contribution in [1.82, 2.24) is 4.98 Å². The van der Waals surface area contributed by atoms with Crippen molar-refractivity contribution in [3.63, 3.8) is 0 Å². The Hall–Kier alpha value is -3.22. The number of benzene rings is 3. The molecule has 3 aromatic carbocycles. The molecule has 1 aromatic heterocycles. The maximum atomic E-state index is 11.7. The molecule has 4 rings (SSSR count). The highest BCUT2D eigenvalue weighted by molar-refractivity contribution is 8.03. The number of para-hydroxylation sites is 2. The van der Waals surface area contributed by atoms with Crippen molar-refractivity contribution in [1.29, 1.82) is 0 Å². The van der Waals surface area contributed by atoms with E-state index in [9.17, 15) is 9.90 Å². The summed E-state index contributed by atoms with van der Waals surface area (Å²) in [5.74, 6) is -0.426. The number of nitrogens with zero attached hydrogens (tertiary/aromatic N) is 1. The van der Waals surface area contributed by atoms with Gasteiger partial charge < -0.3 is 14.3 Å². The maximum absolute atomic E-state index is 11.7. The highest BCUT2D eigenvalue weighted by Crippen LogP contribution is 2.31. The Morgan fingerprint density at radius 1 is 1.10 bits per heavy atom. The third-order valence-corrected chi connectivity index (χ3v) is 5.27. The van der Waals surface area contributed by atoms with E-state index in [4.69, 9.17) is 20.8 Å². The summed E-state index contributed by atoms with van der Waals surface area (Å²) in [7, 11) is 0. The van der Waals surface area contributed by atoms with E-state index in [0.29, 0.717) is 34.0 Å². The molecule has 0 radical (unpaired) electrons. The molecular weight excluding hydrogens is 422 g/mol. The lowest BCUT2D eigenvalue weighted by atomic mass is 10.2. The van der Waals surface area contributed by atoms with Crippen molar-refractivity contribution in [3.05, 3.63) is 93.9 Å². The van der Waals surface area contributed by atoms with Crippen LogP contribution in [0.5, 0.6) is 5.75 Å². The predicted molar refractivity (Wildman–Crippen MR) is 118 cm³/mol. The van der Waals surface area contributed by atoms with Crippen LogP contribution in [-0.4, -0.2) is 16.1 Å². The van der Waals surface area contributed by atoms with Crippen LogP contribution in [0.1, 0.15) is 11.1 Å². The van der Waals surface area contributed by atoms with Crippen LogP contribution in [-0.2, 0) is 11.4 Å². The fourth-order valence-electron chi connectivity index (χ4n) is 2.72. The minimum atomic E-state index is -1.06. The van der Waals surface area contributed by atoms with Crippen molar-refractivity contribution in [2.75, 3.05) is 0 Å². The Bertz CT molecular complexity index is 1180. The molecule has 0 amide bonds. The zero-order valence-electron chi connectivity index (χ0n) is 15.6. The van der Waals surface area contributed by atoms with Crippen molar-refractivity contribution < 1.29 is 19.1 Å². The first-order valence-corrected chi connectivity index (χ1v) is 10.2. The molecule has 4 aromatic rings. The SMILES string of the molecule is O=C(O)/C(=C/c1cccc(OCc2ccc(Cl)cc2)c1)Sc1nc2ccccc2o1. The summed E-state index contributed by atoms with van der Waals surface area (Å²) in [6.07, 6.45) is 1.57. The van der Waals surface area contributed by atoms with Crippen molar-refractivity contribution in [2.45, 2.75) is 11.8 Å². The van der Waals surface area contributed by atoms with Gasteiger partial charge in [-0.2, -0.15) is 0 Å². The minimum absolute atomic E-state index is 0.0939. The lowest BCUT2D eigenvalue weighted by Gasteiger charge is -2.07. The second kappa shape index (κ2) is 9.07. The maximum Gasteiger partial charge on any atom is 0.342 e. The molecule has 30 heavy (non-hydrogen) atoms. The standard InChI is InChI=1S/C23H16ClNO4S/c24-17-10-8-15(9-11-17)14-28-18-5-3-4-16(12-18)13-21(22(26)27)30-23-25-19-6-1-2-7-20(19)29-23/h1-13H,14H2,(H,26,27)/b21-13-. The fraction of sp³-hybridized carbons (Fsp3) is 0.0435. The number of rotatable bonds is 7. The Balaban J connectivity index is 1.51. The molecule has 0 saturated heterocycles. The van der Waals surface area contributed by atoms with Gasteiger partial charge in [-0.3, -0.25) is 0 Å². The van der Waals surface area contributed by atoms with E-state index in [1.807, 2.05) is 60.7 Å². The molecule has 0 aliphatic heterocycles. The van der Waals surface area contributed by atoms with Gasteiger partial charge in [-0.05, 0) is 65.4 Å². The number of oxazole rings is 1. The molecule has 1 N–H and O–H groups in total. The minimum Gasteiger partial charge on any atom is -0.489 e. The number of aromatic nitrogens is 1. The summed E-state index contributed by atoms with van der Waals surface area (Å²) in [5.41, 5.74) is 2.98. The summed E-state index contributed by atoms with van der Waals surface area (Å²) in [6.45, 7) is 0.383. The monoisotopic (exact) mass is 437 g/mol. The Morgan fingerprint density at radius 3 is 2.67 bits per heavy atom. The predicted octanol–water partition coefficient (Wildman–Crippen LogP) is 6.28. The van der Waals surface area contributed by atoms with Crippen LogP contribution in [0.3, 0.4) is 0 Å². The van der Waals surface area contributed by atoms with Gasteiger partial charge in [-0.15, -0.1) is 0 Å². The van der Waals surface area contributed by atoms with E-state index in [-0.39, 0.29) is 10.1 Å². The van der Waals surface area contributed by atoms with E-state index in [1.165, 1.54) is 0 Å². The second-order valence-corrected chi connectivity index (χ2v) is 7.78. The highest BCUT2D eigenvalue weighted by Gasteiger charge is 2.15. The normalized spacial score (nSPS) is 11.6. The first kappa shape index (κ1) is 20.1. The zero-order chi connectivity index (χ0) is 20.9. The molecule has 0 spiro atoms. The number of thioether (sulfide) groups is 1. The number of carbonyl (C=O) groups is 1. The van der Waals surface area contributed by atoms with Crippen molar-refractivity contribution in [2.24, 2.45) is 0 Å². The number of aliphatic carboxylic acids is 1. The smallest absolute Gasteiger partial charge is 0.342 e. The molecule has 150 valence electrons. The Morgan fingerprint density at radius 2 is 1.90 bits per heavy atom. The van der Waals surface area contributed by atoms with E-state index >= 15 is 0 Å². The summed E-state index contributed by atoms with van der Waals surface area (Å²) >= 11 is 6.86. The van der Waals surface area contributed by atoms with Gasteiger partial charge in [-0.1, -0.05) is 48.0 Å². The molecule has 0 fully saturated rings. The molecule has 5 nitrogen and oxygen atoms in total. The van der Waals surface area contributed by atoms with Gasteiger partial charge in [0.15, 0.2) is 5.58 Å². The summed E-state index contributed by atoms with van der Waals surface area (Å²) < 4.78 is 11.4. The number of halogens is 1. The zero-order valence-corrected chi connectivity index (χ0v) is 17.2. The van der Waals surface area contributed by atoms with Crippen LogP contribution in [0.25, 0.3) is 17.2 Å². The lowest BCUT2D eigenvalue weighted by molar-refractivity contribution is -0.131. The largest absolute Gasteiger partial charge is 0.489 e. The van der Waals surface area contributed by atoms with E-state index in [2.05, 4.69) is 4.98 Å². The number of ether oxygens (including phenoxy) is 1. The van der Waals surface area contributed by atoms with Crippen molar-refractivity contribution >= 4 is 46.5 Å². The lowest BCUT2D eigenvalue weighted by Crippen LogP contribution is -1.97. The molecule has 0 aliphatic carbocycles. The van der Waals surface area contributed by atoms with Gasteiger partial charge in [0, 0.05) is 5.02 Å². The first-order chi connectivity index (χ1) is 14.6. The van der Waals surface area contributed by atoms with Gasteiger partial charge >= 0.3 is 5.97 Å². The third kappa shape index (κ3) is 5.03. The van der Waals surface area contributed by atoms with Gasteiger partial charge in [-0.25, -0.2) is 9.78 Å². The highest BCUT2D eigenvalue weighted by atomic mass is 35.5. The van der Waals surface area contributed by atoms with Crippen LogP contribution in [0, 0.1) is 0 Å². The molecule has 0 atom stereocenters. The number of hydrogen-bond acceptors (Lipinski definition) is 5. The van der Waals surface area contributed by atoms with Gasteiger partial charge in [0.05, 0.1) is 0 Å².